The fourth-order valence-electron chi connectivity index (χ4n) is 1.14. The summed E-state index contributed by atoms with van der Waals surface area (Å²) < 4.78 is 0. The molecule has 1 aromatic rings. The summed E-state index contributed by atoms with van der Waals surface area (Å²) >= 11 is 0. The van der Waals surface area contributed by atoms with Crippen molar-refractivity contribution < 1.29 is 14.7 Å². The van der Waals surface area contributed by atoms with E-state index in [2.05, 4.69) is 14.9 Å². The van der Waals surface area contributed by atoms with Gasteiger partial charge in [-0.05, 0) is 11.1 Å². The SMILES string of the molecule is [N-]=[N+]=Nc1ccc(CC(=O)CO[N+](=O)[O-])cc1. The van der Waals surface area contributed by atoms with Crippen LogP contribution in [0, 0.1) is 10.1 Å². The van der Waals surface area contributed by atoms with Crippen molar-refractivity contribution in [3.8, 4) is 0 Å². The van der Waals surface area contributed by atoms with E-state index in [1.165, 1.54) is 0 Å². The summed E-state index contributed by atoms with van der Waals surface area (Å²) in [6, 6.07) is 6.32. The van der Waals surface area contributed by atoms with E-state index in [4.69, 9.17) is 5.53 Å². The zero-order chi connectivity index (χ0) is 12.7. The Balaban J connectivity index is 2.54. The van der Waals surface area contributed by atoms with E-state index in [1.807, 2.05) is 0 Å². The van der Waals surface area contributed by atoms with Gasteiger partial charge in [-0.2, -0.15) is 0 Å². The topological polar surface area (TPSA) is 118 Å². The molecule has 0 aliphatic rings. The molecule has 88 valence electrons. The molecule has 0 heterocycles. The summed E-state index contributed by atoms with van der Waals surface area (Å²) in [5.74, 6) is -0.404. The van der Waals surface area contributed by atoms with Gasteiger partial charge in [0.2, 0.25) is 0 Å². The third kappa shape index (κ3) is 4.63. The molecule has 0 atom stereocenters. The molecule has 0 radical (unpaired) electrons. The molecule has 1 rings (SSSR count). The number of rotatable bonds is 6. The Bertz CT molecular complexity index is 464. The van der Waals surface area contributed by atoms with Crippen LogP contribution in [0.5, 0.6) is 0 Å². The van der Waals surface area contributed by atoms with E-state index >= 15 is 0 Å². The van der Waals surface area contributed by atoms with Crippen LogP contribution in [0.3, 0.4) is 0 Å². The number of carbonyl (C=O) groups excluding carboxylic acids is 1. The highest BCUT2D eigenvalue weighted by atomic mass is 16.9. The Morgan fingerprint density at radius 3 is 2.65 bits per heavy atom. The number of benzene rings is 1. The first-order valence-corrected chi connectivity index (χ1v) is 4.55. The third-order valence-corrected chi connectivity index (χ3v) is 1.83. The number of hydrogen-bond acceptors (Lipinski definition) is 5. The van der Waals surface area contributed by atoms with Crippen LogP contribution < -0.4 is 0 Å². The van der Waals surface area contributed by atoms with Crippen LogP contribution in [0.15, 0.2) is 29.4 Å². The lowest BCUT2D eigenvalue weighted by molar-refractivity contribution is -0.754. The maximum Gasteiger partial charge on any atom is 0.294 e. The van der Waals surface area contributed by atoms with Gasteiger partial charge in [0.05, 0.1) is 0 Å². The minimum absolute atomic E-state index is 0.0321. The zero-order valence-corrected chi connectivity index (χ0v) is 8.65. The average molecular weight is 236 g/mol. The predicted octanol–water partition coefficient (Wildman–Crippen LogP) is 1.95. The number of nitrogens with zero attached hydrogens (tertiary/aromatic N) is 4. The second-order valence-electron chi connectivity index (χ2n) is 3.07. The second-order valence-corrected chi connectivity index (χ2v) is 3.07. The van der Waals surface area contributed by atoms with Gasteiger partial charge >= 0.3 is 0 Å². The summed E-state index contributed by atoms with van der Waals surface area (Å²) in [6.45, 7) is -0.564. The Hall–Kier alpha value is -2.60. The maximum atomic E-state index is 11.2. The number of azide groups is 1. The minimum Gasteiger partial charge on any atom is -0.306 e. The van der Waals surface area contributed by atoms with Gasteiger partial charge in [-0.25, -0.2) is 0 Å². The molecule has 0 bridgehead atoms. The minimum atomic E-state index is -1.01. The summed E-state index contributed by atoms with van der Waals surface area (Å²) in [5, 5.41) is 12.2. The van der Waals surface area contributed by atoms with Crippen molar-refractivity contribution in [3.63, 3.8) is 0 Å². The van der Waals surface area contributed by atoms with E-state index in [1.54, 1.807) is 24.3 Å². The summed E-state index contributed by atoms with van der Waals surface area (Å²) in [6.07, 6.45) is 0.0321. The van der Waals surface area contributed by atoms with Gasteiger partial charge in [0.1, 0.15) is 0 Å². The third-order valence-electron chi connectivity index (χ3n) is 1.83. The largest absolute Gasteiger partial charge is 0.306 e. The molecule has 8 nitrogen and oxygen atoms in total. The monoisotopic (exact) mass is 236 g/mol. The van der Waals surface area contributed by atoms with Crippen molar-refractivity contribution in [2.75, 3.05) is 6.61 Å². The lowest BCUT2D eigenvalue weighted by atomic mass is 10.1. The molecule has 0 aromatic heterocycles. The zero-order valence-electron chi connectivity index (χ0n) is 8.65. The molecule has 0 saturated carbocycles. The van der Waals surface area contributed by atoms with Gasteiger partial charge in [-0.1, -0.05) is 29.4 Å². The Kier molecular flexibility index (Phi) is 4.46. The van der Waals surface area contributed by atoms with Gasteiger partial charge in [-0.15, -0.1) is 10.1 Å². The van der Waals surface area contributed by atoms with Crippen LogP contribution in [0.1, 0.15) is 5.56 Å². The van der Waals surface area contributed by atoms with Crippen molar-refractivity contribution in [2.45, 2.75) is 6.42 Å². The van der Waals surface area contributed by atoms with E-state index in [0.29, 0.717) is 11.3 Å². The molecule has 0 fully saturated rings. The smallest absolute Gasteiger partial charge is 0.294 e. The van der Waals surface area contributed by atoms with Crippen molar-refractivity contribution in [1.82, 2.24) is 0 Å². The van der Waals surface area contributed by atoms with Gasteiger partial charge < -0.3 is 4.84 Å². The Labute approximate surface area is 95.5 Å². The van der Waals surface area contributed by atoms with Gasteiger partial charge in [0.15, 0.2) is 12.4 Å². The molecular weight excluding hydrogens is 228 g/mol. The van der Waals surface area contributed by atoms with Crippen LogP contribution in [0.2, 0.25) is 0 Å². The molecule has 8 heteroatoms. The second kappa shape index (κ2) is 6.09. The van der Waals surface area contributed by atoms with Crippen molar-refractivity contribution in [3.05, 3.63) is 50.4 Å². The number of hydrogen-bond donors (Lipinski definition) is 0. The Morgan fingerprint density at radius 1 is 1.47 bits per heavy atom. The van der Waals surface area contributed by atoms with E-state index in [-0.39, 0.29) is 6.42 Å². The molecule has 1 aromatic carbocycles. The first-order chi connectivity index (χ1) is 8.11. The van der Waals surface area contributed by atoms with Gasteiger partial charge in [0.25, 0.3) is 5.09 Å². The fourth-order valence-corrected chi connectivity index (χ4v) is 1.14. The van der Waals surface area contributed by atoms with Gasteiger partial charge in [0, 0.05) is 17.0 Å². The van der Waals surface area contributed by atoms with E-state index in [0.717, 1.165) is 0 Å². The van der Waals surface area contributed by atoms with Crippen LogP contribution in [-0.4, -0.2) is 17.5 Å². The van der Waals surface area contributed by atoms with Crippen molar-refractivity contribution in [1.29, 1.82) is 0 Å². The predicted molar refractivity (Wildman–Crippen MR) is 56.9 cm³/mol. The van der Waals surface area contributed by atoms with E-state index < -0.39 is 17.5 Å². The molecule has 17 heavy (non-hydrogen) atoms. The standard InChI is InChI=1S/C9H8N4O4/c10-12-11-8-3-1-7(2-4-8)5-9(14)6-17-13(15)16/h1-4H,5-6H2. The highest BCUT2D eigenvalue weighted by Crippen LogP contribution is 2.13. The summed E-state index contributed by atoms with van der Waals surface area (Å²) in [4.78, 5) is 27.6. The maximum absolute atomic E-state index is 11.2. The van der Waals surface area contributed by atoms with Crippen LogP contribution in [0.4, 0.5) is 5.69 Å². The normalized spacial score (nSPS) is 9.18. The number of ketones is 1. The molecule has 0 aliphatic heterocycles. The number of carbonyl (C=O) groups is 1. The fraction of sp³-hybridized carbons (Fsp3) is 0.222. The highest BCUT2D eigenvalue weighted by molar-refractivity contribution is 5.82. The first kappa shape index (κ1) is 12.5. The molecular formula is C9H8N4O4. The lowest BCUT2D eigenvalue weighted by Crippen LogP contribution is -2.14. The highest BCUT2D eigenvalue weighted by Gasteiger charge is 2.06. The molecule has 0 spiro atoms. The molecule has 0 aliphatic carbocycles. The average Bonchev–Trinajstić information content (AvgIpc) is 2.29. The summed E-state index contributed by atoms with van der Waals surface area (Å²) in [5.41, 5.74) is 9.28. The Morgan fingerprint density at radius 2 is 2.12 bits per heavy atom. The van der Waals surface area contributed by atoms with Crippen LogP contribution >= 0.6 is 0 Å². The first-order valence-electron chi connectivity index (χ1n) is 4.55. The van der Waals surface area contributed by atoms with Gasteiger partial charge in [-0.3, -0.25) is 4.79 Å². The van der Waals surface area contributed by atoms with Crippen molar-refractivity contribution >= 4 is 11.5 Å². The molecule has 0 N–H and O–H groups in total. The molecule has 0 unspecified atom stereocenters. The van der Waals surface area contributed by atoms with E-state index in [9.17, 15) is 14.9 Å². The summed E-state index contributed by atoms with van der Waals surface area (Å²) in [7, 11) is 0. The lowest BCUT2D eigenvalue weighted by Gasteiger charge is -2.00. The molecule has 0 saturated heterocycles. The number of Topliss-reactive ketones (excluding diaryl/α,β-unsaturated/α-hetero) is 1. The molecule has 0 amide bonds. The quantitative estimate of drug-likeness (QED) is 0.246. The van der Waals surface area contributed by atoms with Crippen molar-refractivity contribution in [2.24, 2.45) is 5.11 Å². The van der Waals surface area contributed by atoms with Crippen LogP contribution in [-0.2, 0) is 16.1 Å². The van der Waals surface area contributed by atoms with Crippen LogP contribution in [0.25, 0.3) is 10.4 Å².